The van der Waals surface area contributed by atoms with Crippen molar-refractivity contribution in [1.29, 1.82) is 0 Å². The Morgan fingerprint density at radius 3 is 2.76 bits per heavy atom. The third kappa shape index (κ3) is 2.03. The molecule has 0 radical (unpaired) electrons. The van der Waals surface area contributed by atoms with Crippen LogP contribution in [0.15, 0.2) is 53.1 Å². The summed E-state index contributed by atoms with van der Waals surface area (Å²) in [5, 5.41) is 12.5. The molecule has 104 valence electrons. The van der Waals surface area contributed by atoms with Crippen molar-refractivity contribution >= 4 is 37.7 Å². The first-order valence-electron chi connectivity index (χ1n) is 6.76. The highest BCUT2D eigenvalue weighted by Gasteiger charge is 2.13. The van der Waals surface area contributed by atoms with Gasteiger partial charge in [0.05, 0.1) is 5.69 Å². The van der Waals surface area contributed by atoms with Gasteiger partial charge >= 0.3 is 0 Å². The fourth-order valence-corrected chi connectivity index (χ4v) is 3.16. The number of aromatic amines is 2. The van der Waals surface area contributed by atoms with Gasteiger partial charge in [-0.15, -0.1) is 0 Å². The normalized spacial score (nSPS) is 11.5. The number of para-hydroxylation sites is 1. The number of H-pyrrole nitrogens is 2. The Bertz CT molecular complexity index is 952. The van der Waals surface area contributed by atoms with Crippen LogP contribution in [0.5, 0.6) is 5.75 Å². The average molecular weight is 341 g/mol. The van der Waals surface area contributed by atoms with E-state index < -0.39 is 0 Å². The van der Waals surface area contributed by atoms with E-state index in [1.165, 1.54) is 10.9 Å². The molecule has 0 bridgehead atoms. The van der Waals surface area contributed by atoms with Gasteiger partial charge in [-0.05, 0) is 29.8 Å². The van der Waals surface area contributed by atoms with Gasteiger partial charge in [-0.3, -0.25) is 0 Å². The summed E-state index contributed by atoms with van der Waals surface area (Å²) >= 11 is 3.44. The molecular formula is C17H13BrN2O. The van der Waals surface area contributed by atoms with Crippen molar-refractivity contribution in [1.82, 2.24) is 9.97 Å². The zero-order valence-electron chi connectivity index (χ0n) is 11.2. The zero-order chi connectivity index (χ0) is 14.4. The summed E-state index contributed by atoms with van der Waals surface area (Å²) in [5.74, 6) is 0.330. The van der Waals surface area contributed by atoms with E-state index in [1.807, 2.05) is 36.5 Å². The smallest absolute Gasteiger partial charge is 0.144 e. The lowest BCUT2D eigenvalue weighted by Crippen LogP contribution is -1.87. The van der Waals surface area contributed by atoms with Gasteiger partial charge in [0, 0.05) is 38.9 Å². The SMILES string of the molecule is Oc1c(Cc2c[nH]c3ccccc23)[nH]c2ccc(Br)cc12. The minimum atomic E-state index is 0.330. The Morgan fingerprint density at radius 1 is 1.00 bits per heavy atom. The quantitative estimate of drug-likeness (QED) is 0.486. The Kier molecular flexibility index (Phi) is 2.79. The predicted molar refractivity (Wildman–Crippen MR) is 88.8 cm³/mol. The molecule has 0 aliphatic carbocycles. The molecule has 3 nitrogen and oxygen atoms in total. The summed E-state index contributed by atoms with van der Waals surface area (Å²) in [4.78, 5) is 6.58. The molecule has 4 aromatic rings. The molecule has 0 saturated heterocycles. The molecule has 2 aromatic heterocycles. The number of hydrogen-bond acceptors (Lipinski definition) is 1. The average Bonchev–Trinajstić information content (AvgIpc) is 3.03. The molecule has 0 spiro atoms. The van der Waals surface area contributed by atoms with E-state index in [9.17, 15) is 5.11 Å². The van der Waals surface area contributed by atoms with E-state index >= 15 is 0 Å². The Labute approximate surface area is 129 Å². The monoisotopic (exact) mass is 340 g/mol. The van der Waals surface area contributed by atoms with Gasteiger partial charge in [-0.1, -0.05) is 34.1 Å². The van der Waals surface area contributed by atoms with Crippen molar-refractivity contribution in [2.75, 3.05) is 0 Å². The van der Waals surface area contributed by atoms with Crippen LogP contribution in [0.2, 0.25) is 0 Å². The Hall–Kier alpha value is -2.20. The lowest BCUT2D eigenvalue weighted by Gasteiger charge is -1.99. The van der Waals surface area contributed by atoms with Crippen LogP contribution in [0.3, 0.4) is 0 Å². The standard InChI is InChI=1S/C17H13BrN2O/c18-11-5-6-15-13(8-11)17(21)16(20-15)7-10-9-19-14-4-2-1-3-12(10)14/h1-6,8-9,19-21H,7H2. The summed E-state index contributed by atoms with van der Waals surface area (Å²) in [6, 6.07) is 14.1. The summed E-state index contributed by atoms with van der Waals surface area (Å²) in [7, 11) is 0. The summed E-state index contributed by atoms with van der Waals surface area (Å²) in [6.07, 6.45) is 2.67. The molecular weight excluding hydrogens is 328 g/mol. The second-order valence-corrected chi connectivity index (χ2v) is 6.09. The van der Waals surface area contributed by atoms with Crippen molar-refractivity contribution in [3.63, 3.8) is 0 Å². The molecule has 3 N–H and O–H groups in total. The van der Waals surface area contributed by atoms with Crippen LogP contribution in [0.4, 0.5) is 0 Å². The van der Waals surface area contributed by atoms with Crippen LogP contribution in [0.1, 0.15) is 11.3 Å². The lowest BCUT2D eigenvalue weighted by atomic mass is 10.1. The third-order valence-electron chi connectivity index (χ3n) is 3.85. The van der Waals surface area contributed by atoms with Gasteiger partial charge in [0.25, 0.3) is 0 Å². The molecule has 4 heteroatoms. The topological polar surface area (TPSA) is 51.8 Å². The largest absolute Gasteiger partial charge is 0.505 e. The Balaban J connectivity index is 1.82. The highest BCUT2D eigenvalue weighted by molar-refractivity contribution is 9.10. The fourth-order valence-electron chi connectivity index (χ4n) is 2.80. The Morgan fingerprint density at radius 2 is 1.86 bits per heavy atom. The second-order valence-electron chi connectivity index (χ2n) is 5.18. The van der Waals surface area contributed by atoms with Gasteiger partial charge in [-0.25, -0.2) is 0 Å². The number of halogens is 1. The number of hydrogen-bond donors (Lipinski definition) is 3. The maximum absolute atomic E-state index is 10.4. The molecule has 0 atom stereocenters. The van der Waals surface area contributed by atoms with E-state index in [0.29, 0.717) is 12.2 Å². The second kappa shape index (κ2) is 4.67. The number of benzene rings is 2. The third-order valence-corrected chi connectivity index (χ3v) is 4.34. The van der Waals surface area contributed by atoms with Crippen molar-refractivity contribution in [3.05, 3.63) is 64.4 Å². The highest BCUT2D eigenvalue weighted by atomic mass is 79.9. The predicted octanol–water partition coefficient (Wildman–Crippen LogP) is 4.71. The number of nitrogens with one attached hydrogen (secondary N) is 2. The van der Waals surface area contributed by atoms with Gasteiger partial charge in [0.15, 0.2) is 0 Å². The molecule has 0 amide bonds. The van der Waals surface area contributed by atoms with Gasteiger partial charge in [0.2, 0.25) is 0 Å². The van der Waals surface area contributed by atoms with E-state index in [0.717, 1.165) is 26.6 Å². The van der Waals surface area contributed by atoms with Crippen molar-refractivity contribution in [3.8, 4) is 5.75 Å². The first-order chi connectivity index (χ1) is 10.2. The maximum Gasteiger partial charge on any atom is 0.144 e. The van der Waals surface area contributed by atoms with Gasteiger partial charge in [-0.2, -0.15) is 0 Å². The summed E-state index contributed by atoms with van der Waals surface area (Å²) in [5.41, 5.74) is 4.08. The van der Waals surface area contributed by atoms with E-state index in [2.05, 4.69) is 38.0 Å². The van der Waals surface area contributed by atoms with E-state index in [4.69, 9.17) is 0 Å². The molecule has 0 aliphatic rings. The van der Waals surface area contributed by atoms with Crippen molar-refractivity contribution in [2.45, 2.75) is 6.42 Å². The summed E-state index contributed by atoms with van der Waals surface area (Å²) in [6.45, 7) is 0. The lowest BCUT2D eigenvalue weighted by molar-refractivity contribution is 0.475. The number of fused-ring (bicyclic) bond motifs is 2. The molecule has 2 heterocycles. The van der Waals surface area contributed by atoms with Gasteiger partial charge in [0.1, 0.15) is 5.75 Å². The number of rotatable bonds is 2. The van der Waals surface area contributed by atoms with Crippen LogP contribution in [-0.2, 0) is 6.42 Å². The van der Waals surface area contributed by atoms with E-state index in [-0.39, 0.29) is 0 Å². The maximum atomic E-state index is 10.4. The first kappa shape index (κ1) is 12.5. The molecule has 0 saturated carbocycles. The van der Waals surface area contributed by atoms with Crippen LogP contribution >= 0.6 is 15.9 Å². The first-order valence-corrected chi connectivity index (χ1v) is 7.56. The number of aromatic nitrogens is 2. The van der Waals surface area contributed by atoms with Crippen LogP contribution in [0, 0.1) is 0 Å². The molecule has 0 aliphatic heterocycles. The van der Waals surface area contributed by atoms with Crippen molar-refractivity contribution in [2.24, 2.45) is 0 Å². The number of aromatic hydroxyl groups is 1. The zero-order valence-corrected chi connectivity index (χ0v) is 12.7. The van der Waals surface area contributed by atoms with Crippen LogP contribution in [-0.4, -0.2) is 15.1 Å². The van der Waals surface area contributed by atoms with Crippen molar-refractivity contribution < 1.29 is 5.11 Å². The molecule has 4 rings (SSSR count). The van der Waals surface area contributed by atoms with Gasteiger partial charge < -0.3 is 15.1 Å². The highest BCUT2D eigenvalue weighted by Crippen LogP contribution is 2.33. The molecule has 0 fully saturated rings. The van der Waals surface area contributed by atoms with Crippen LogP contribution < -0.4 is 0 Å². The fraction of sp³-hybridized carbons (Fsp3) is 0.0588. The van der Waals surface area contributed by atoms with E-state index in [1.54, 1.807) is 0 Å². The minimum Gasteiger partial charge on any atom is -0.505 e. The molecule has 21 heavy (non-hydrogen) atoms. The minimum absolute atomic E-state index is 0.330. The summed E-state index contributed by atoms with van der Waals surface area (Å²) < 4.78 is 0.961. The van der Waals surface area contributed by atoms with Crippen LogP contribution in [0.25, 0.3) is 21.8 Å². The molecule has 0 unspecified atom stereocenters. The molecule has 2 aromatic carbocycles.